The summed E-state index contributed by atoms with van der Waals surface area (Å²) in [4.78, 5) is 12.1. The predicted octanol–water partition coefficient (Wildman–Crippen LogP) is 2.54. The molecule has 0 aliphatic rings. The molecule has 4 heteroatoms. The molecule has 0 radical (unpaired) electrons. The van der Waals surface area contributed by atoms with E-state index < -0.39 is 0 Å². The summed E-state index contributed by atoms with van der Waals surface area (Å²) in [7, 11) is 0. The maximum Gasteiger partial charge on any atom is 0.261 e. The Morgan fingerprint density at radius 3 is 3.00 bits per heavy atom. The van der Waals surface area contributed by atoms with Crippen molar-refractivity contribution in [2.75, 3.05) is 0 Å². The molecule has 1 aromatic rings. The second kappa shape index (κ2) is 5.04. The first-order chi connectivity index (χ1) is 6.63. The Morgan fingerprint density at radius 2 is 2.50 bits per heavy atom. The van der Waals surface area contributed by atoms with Gasteiger partial charge in [-0.3, -0.25) is 4.79 Å². The summed E-state index contributed by atoms with van der Waals surface area (Å²) in [5.74, 6) is 2.37. The minimum absolute atomic E-state index is 0.00613. The van der Waals surface area contributed by atoms with Crippen LogP contribution in [0.1, 0.15) is 23.0 Å². The van der Waals surface area contributed by atoms with Crippen molar-refractivity contribution in [3.63, 3.8) is 0 Å². The van der Waals surface area contributed by atoms with Crippen LogP contribution in [0.15, 0.2) is 12.1 Å². The number of halogens is 1. The molecule has 0 aromatic carbocycles. The summed E-state index contributed by atoms with van der Waals surface area (Å²) in [6.07, 6.45) is 5.66. The molecule has 1 atom stereocenters. The minimum Gasteiger partial charge on any atom is -0.348 e. The Morgan fingerprint density at radius 1 is 1.79 bits per heavy atom. The van der Waals surface area contributed by atoms with Gasteiger partial charge in [0.1, 0.15) is 0 Å². The SMILES string of the molecule is C#CCC(C)NC(=O)c1ccc(Cl)s1. The Bertz CT molecular complexity index is 366. The number of rotatable bonds is 3. The molecule has 1 N–H and O–H groups in total. The quantitative estimate of drug-likeness (QED) is 0.791. The fourth-order valence-corrected chi connectivity index (χ4v) is 1.91. The number of nitrogens with one attached hydrogen (secondary N) is 1. The Balaban J connectivity index is 2.55. The molecule has 0 saturated heterocycles. The third kappa shape index (κ3) is 3.06. The van der Waals surface area contributed by atoms with Crippen LogP contribution >= 0.6 is 22.9 Å². The molecule has 2 nitrogen and oxygen atoms in total. The van der Waals surface area contributed by atoms with Gasteiger partial charge in [-0.1, -0.05) is 11.6 Å². The molecule has 14 heavy (non-hydrogen) atoms. The fraction of sp³-hybridized carbons (Fsp3) is 0.300. The zero-order chi connectivity index (χ0) is 10.6. The highest BCUT2D eigenvalue weighted by atomic mass is 35.5. The van der Waals surface area contributed by atoms with Gasteiger partial charge in [-0.15, -0.1) is 23.7 Å². The maximum atomic E-state index is 11.5. The largest absolute Gasteiger partial charge is 0.348 e. The molecule has 1 aromatic heterocycles. The molecule has 0 aliphatic carbocycles. The second-order valence-corrected chi connectivity index (χ2v) is 4.60. The number of hydrogen-bond acceptors (Lipinski definition) is 2. The van der Waals surface area contributed by atoms with Gasteiger partial charge in [0.2, 0.25) is 0 Å². The van der Waals surface area contributed by atoms with E-state index in [0.717, 1.165) is 0 Å². The van der Waals surface area contributed by atoms with Gasteiger partial charge < -0.3 is 5.32 Å². The molecule has 0 aliphatic heterocycles. The molecule has 1 heterocycles. The lowest BCUT2D eigenvalue weighted by molar-refractivity contribution is 0.0945. The van der Waals surface area contributed by atoms with Crippen LogP contribution in [0.25, 0.3) is 0 Å². The number of thiophene rings is 1. The van der Waals surface area contributed by atoms with E-state index in [1.54, 1.807) is 12.1 Å². The van der Waals surface area contributed by atoms with Crippen molar-refractivity contribution in [3.05, 3.63) is 21.3 Å². The van der Waals surface area contributed by atoms with Gasteiger partial charge >= 0.3 is 0 Å². The van der Waals surface area contributed by atoms with Crippen molar-refractivity contribution in [2.45, 2.75) is 19.4 Å². The Hall–Kier alpha value is -0.980. The smallest absolute Gasteiger partial charge is 0.261 e. The van der Waals surface area contributed by atoms with E-state index in [2.05, 4.69) is 11.2 Å². The van der Waals surface area contributed by atoms with Gasteiger partial charge in [0.25, 0.3) is 5.91 Å². The summed E-state index contributed by atoms with van der Waals surface area (Å²) in [5.41, 5.74) is 0. The second-order valence-electron chi connectivity index (χ2n) is 2.89. The van der Waals surface area contributed by atoms with Gasteiger partial charge in [0, 0.05) is 12.5 Å². The van der Waals surface area contributed by atoms with Gasteiger partial charge in [0.05, 0.1) is 9.21 Å². The van der Waals surface area contributed by atoms with Crippen molar-refractivity contribution in [1.29, 1.82) is 0 Å². The van der Waals surface area contributed by atoms with Crippen molar-refractivity contribution in [3.8, 4) is 12.3 Å². The Kier molecular flexibility index (Phi) is 3.99. The molecule has 0 saturated carbocycles. The van der Waals surface area contributed by atoms with E-state index in [1.807, 2.05) is 6.92 Å². The molecule has 74 valence electrons. The third-order valence-corrected chi connectivity index (χ3v) is 2.83. The molecule has 1 unspecified atom stereocenters. The standard InChI is InChI=1S/C10H10ClNOS/c1-3-4-7(2)12-10(13)8-5-6-9(11)14-8/h1,5-7H,4H2,2H3,(H,12,13). The van der Waals surface area contributed by atoms with E-state index in [0.29, 0.717) is 15.6 Å². The van der Waals surface area contributed by atoms with Crippen LogP contribution in [0.5, 0.6) is 0 Å². The summed E-state index contributed by atoms with van der Waals surface area (Å²) >= 11 is 6.97. The zero-order valence-electron chi connectivity index (χ0n) is 7.71. The summed E-state index contributed by atoms with van der Waals surface area (Å²) < 4.78 is 0.611. The number of carbonyl (C=O) groups is 1. The lowest BCUT2D eigenvalue weighted by atomic mass is 10.2. The van der Waals surface area contributed by atoms with E-state index in [4.69, 9.17) is 18.0 Å². The van der Waals surface area contributed by atoms with E-state index >= 15 is 0 Å². The van der Waals surface area contributed by atoms with Crippen LogP contribution in [-0.2, 0) is 0 Å². The molecule has 0 bridgehead atoms. The molecule has 1 amide bonds. The van der Waals surface area contributed by atoms with Gasteiger partial charge in [-0.05, 0) is 19.1 Å². The van der Waals surface area contributed by atoms with Crippen molar-refractivity contribution >= 4 is 28.8 Å². The van der Waals surface area contributed by atoms with E-state index in [1.165, 1.54) is 11.3 Å². The summed E-state index contributed by atoms with van der Waals surface area (Å²) in [5, 5.41) is 2.78. The van der Waals surface area contributed by atoms with Gasteiger partial charge in [-0.2, -0.15) is 0 Å². The van der Waals surface area contributed by atoms with Crippen LogP contribution in [0, 0.1) is 12.3 Å². The molecule has 1 rings (SSSR count). The van der Waals surface area contributed by atoms with Gasteiger partial charge in [0.15, 0.2) is 0 Å². The highest BCUT2D eigenvalue weighted by Gasteiger charge is 2.10. The lowest BCUT2D eigenvalue weighted by Gasteiger charge is -2.08. The normalized spacial score (nSPS) is 11.8. The molecule has 0 spiro atoms. The maximum absolute atomic E-state index is 11.5. The highest BCUT2D eigenvalue weighted by Crippen LogP contribution is 2.21. The number of carbonyl (C=O) groups excluding carboxylic acids is 1. The van der Waals surface area contributed by atoms with Crippen LogP contribution in [0.3, 0.4) is 0 Å². The van der Waals surface area contributed by atoms with Gasteiger partial charge in [-0.25, -0.2) is 0 Å². The molecular weight excluding hydrogens is 218 g/mol. The predicted molar refractivity (Wildman–Crippen MR) is 59.7 cm³/mol. The van der Waals surface area contributed by atoms with Crippen molar-refractivity contribution in [2.24, 2.45) is 0 Å². The van der Waals surface area contributed by atoms with Crippen LogP contribution in [0.4, 0.5) is 0 Å². The highest BCUT2D eigenvalue weighted by molar-refractivity contribution is 7.17. The first-order valence-corrected chi connectivity index (χ1v) is 5.32. The average Bonchev–Trinajstić information content (AvgIpc) is 2.52. The topological polar surface area (TPSA) is 29.1 Å². The third-order valence-electron chi connectivity index (χ3n) is 1.60. The van der Waals surface area contributed by atoms with Crippen molar-refractivity contribution < 1.29 is 4.79 Å². The van der Waals surface area contributed by atoms with Crippen molar-refractivity contribution in [1.82, 2.24) is 5.32 Å². The van der Waals surface area contributed by atoms with Crippen LogP contribution in [0.2, 0.25) is 4.34 Å². The molecular formula is C10H10ClNOS. The lowest BCUT2D eigenvalue weighted by Crippen LogP contribution is -2.31. The van der Waals surface area contributed by atoms with Crippen LogP contribution in [-0.4, -0.2) is 11.9 Å². The number of terminal acetylenes is 1. The molecule has 0 fully saturated rings. The Labute approximate surface area is 92.3 Å². The fourth-order valence-electron chi connectivity index (χ4n) is 0.959. The van der Waals surface area contributed by atoms with Crippen LogP contribution < -0.4 is 5.32 Å². The van der Waals surface area contributed by atoms with E-state index in [9.17, 15) is 4.79 Å². The average molecular weight is 228 g/mol. The first kappa shape index (κ1) is 11.1. The van der Waals surface area contributed by atoms with E-state index in [-0.39, 0.29) is 11.9 Å². The first-order valence-electron chi connectivity index (χ1n) is 4.13. The summed E-state index contributed by atoms with van der Waals surface area (Å²) in [6, 6.07) is 3.39. The number of amides is 1. The minimum atomic E-state index is -0.121. The monoisotopic (exact) mass is 227 g/mol. The number of hydrogen-bond donors (Lipinski definition) is 1. The zero-order valence-corrected chi connectivity index (χ0v) is 9.28. The summed E-state index contributed by atoms with van der Waals surface area (Å²) in [6.45, 7) is 1.87.